The van der Waals surface area contributed by atoms with Gasteiger partial charge in [0.15, 0.2) is 0 Å². The van der Waals surface area contributed by atoms with Gasteiger partial charge in [-0.3, -0.25) is 9.59 Å². The van der Waals surface area contributed by atoms with Crippen molar-refractivity contribution < 1.29 is 14.7 Å². The molecule has 0 spiro atoms. The Bertz CT molecular complexity index is 391. The number of amides is 1. The summed E-state index contributed by atoms with van der Waals surface area (Å²) in [5, 5.41) is 15.8. The molecule has 1 aliphatic carbocycles. The number of hydrogen-bond acceptors (Lipinski definition) is 3. The van der Waals surface area contributed by atoms with Gasteiger partial charge in [-0.05, 0) is 45.6 Å². The summed E-state index contributed by atoms with van der Waals surface area (Å²) in [7, 11) is 0. The molecule has 20 heavy (non-hydrogen) atoms. The molecule has 3 atom stereocenters. The van der Waals surface area contributed by atoms with Gasteiger partial charge < -0.3 is 15.7 Å². The Morgan fingerprint density at radius 1 is 1.30 bits per heavy atom. The molecule has 1 heterocycles. The highest BCUT2D eigenvalue weighted by Crippen LogP contribution is 2.37. The molecule has 0 aromatic carbocycles. The number of aliphatic carboxylic acids is 1. The zero-order chi connectivity index (χ0) is 14.8. The molecule has 0 aromatic heterocycles. The van der Waals surface area contributed by atoms with Gasteiger partial charge in [0, 0.05) is 6.04 Å². The van der Waals surface area contributed by atoms with E-state index >= 15 is 0 Å². The van der Waals surface area contributed by atoms with Gasteiger partial charge >= 0.3 is 5.97 Å². The van der Waals surface area contributed by atoms with Crippen LogP contribution in [0.25, 0.3) is 0 Å². The summed E-state index contributed by atoms with van der Waals surface area (Å²) in [5.41, 5.74) is -1.32. The molecule has 5 heteroatoms. The molecule has 5 nitrogen and oxygen atoms in total. The molecule has 1 amide bonds. The number of hydrogen-bond donors (Lipinski definition) is 3. The average molecular weight is 282 g/mol. The van der Waals surface area contributed by atoms with Gasteiger partial charge in [0.05, 0.1) is 11.0 Å². The maximum absolute atomic E-state index is 12.6. The van der Waals surface area contributed by atoms with Crippen LogP contribution >= 0.6 is 0 Å². The third kappa shape index (κ3) is 2.55. The van der Waals surface area contributed by atoms with E-state index in [4.69, 9.17) is 0 Å². The van der Waals surface area contributed by atoms with E-state index < -0.39 is 16.9 Å². The second kappa shape index (κ2) is 5.72. The summed E-state index contributed by atoms with van der Waals surface area (Å²) in [5.74, 6) is -0.815. The summed E-state index contributed by atoms with van der Waals surface area (Å²) in [6, 6.07) is -0.257. The van der Waals surface area contributed by atoms with Crippen LogP contribution in [0.3, 0.4) is 0 Å². The predicted molar refractivity (Wildman–Crippen MR) is 76.4 cm³/mol. The van der Waals surface area contributed by atoms with Gasteiger partial charge in [-0.15, -0.1) is 0 Å². The lowest BCUT2D eigenvalue weighted by molar-refractivity contribution is -0.152. The van der Waals surface area contributed by atoms with E-state index in [0.717, 1.165) is 45.1 Å². The largest absolute Gasteiger partial charge is 0.481 e. The minimum absolute atomic E-state index is 0.0168. The van der Waals surface area contributed by atoms with Crippen LogP contribution in [-0.2, 0) is 9.59 Å². The highest BCUT2D eigenvalue weighted by molar-refractivity contribution is 5.88. The van der Waals surface area contributed by atoms with Crippen molar-refractivity contribution in [2.75, 3.05) is 6.54 Å². The molecule has 0 aromatic rings. The predicted octanol–water partition coefficient (Wildman–Crippen LogP) is 1.67. The number of carbonyl (C=O) groups is 2. The number of carbonyl (C=O) groups excluding carboxylic acids is 1. The first-order chi connectivity index (χ1) is 9.44. The number of carboxylic acids is 1. The summed E-state index contributed by atoms with van der Waals surface area (Å²) in [4.78, 5) is 24.2. The number of nitrogens with one attached hydrogen (secondary N) is 2. The Balaban J connectivity index is 2.11. The van der Waals surface area contributed by atoms with Crippen LogP contribution in [0.4, 0.5) is 0 Å². The molecule has 2 fully saturated rings. The Morgan fingerprint density at radius 3 is 2.60 bits per heavy atom. The maximum atomic E-state index is 12.6. The zero-order valence-electron chi connectivity index (χ0n) is 12.5. The van der Waals surface area contributed by atoms with Crippen LogP contribution in [0.15, 0.2) is 0 Å². The SMILES string of the molecule is CCC1(C(=O)NC2CCCCC2(C)C(=O)O)CCCN1. The van der Waals surface area contributed by atoms with Gasteiger partial charge in [-0.25, -0.2) is 0 Å². The molecule has 114 valence electrons. The average Bonchev–Trinajstić information content (AvgIpc) is 2.91. The molecule has 1 saturated heterocycles. The summed E-state index contributed by atoms with van der Waals surface area (Å²) < 4.78 is 0. The van der Waals surface area contributed by atoms with E-state index in [1.807, 2.05) is 6.92 Å². The standard InChI is InChI=1S/C15H26N2O3/c1-3-15(9-6-10-16-15)12(18)17-11-7-4-5-8-14(11,2)13(19)20/h11,16H,3-10H2,1-2H3,(H,17,18)(H,19,20). The molecular formula is C15H26N2O3. The third-order valence-electron chi connectivity index (χ3n) is 5.28. The van der Waals surface area contributed by atoms with Crippen molar-refractivity contribution in [3.8, 4) is 0 Å². The topological polar surface area (TPSA) is 78.4 Å². The second-order valence-electron chi connectivity index (χ2n) is 6.46. The number of rotatable bonds is 4. The van der Waals surface area contributed by atoms with E-state index in [-0.39, 0.29) is 11.9 Å². The summed E-state index contributed by atoms with van der Waals surface area (Å²) in [6.45, 7) is 4.64. The van der Waals surface area contributed by atoms with Gasteiger partial charge in [-0.2, -0.15) is 0 Å². The lowest BCUT2D eigenvalue weighted by atomic mass is 9.71. The monoisotopic (exact) mass is 282 g/mol. The van der Waals surface area contributed by atoms with E-state index in [2.05, 4.69) is 10.6 Å². The first kappa shape index (κ1) is 15.3. The molecule has 0 bridgehead atoms. The van der Waals surface area contributed by atoms with Gasteiger partial charge in [0.1, 0.15) is 0 Å². The normalized spacial score (nSPS) is 37.6. The molecule has 0 radical (unpaired) electrons. The van der Waals surface area contributed by atoms with Gasteiger partial charge in [0.25, 0.3) is 0 Å². The van der Waals surface area contributed by atoms with Crippen LogP contribution in [0.1, 0.15) is 58.8 Å². The van der Waals surface area contributed by atoms with Crippen LogP contribution < -0.4 is 10.6 Å². The maximum Gasteiger partial charge on any atom is 0.311 e. The number of carboxylic acid groups (broad SMARTS) is 1. The van der Waals surface area contributed by atoms with Crippen molar-refractivity contribution in [3.63, 3.8) is 0 Å². The highest BCUT2D eigenvalue weighted by Gasteiger charge is 2.47. The van der Waals surface area contributed by atoms with Crippen LogP contribution in [0, 0.1) is 5.41 Å². The van der Waals surface area contributed by atoms with E-state index in [1.54, 1.807) is 6.92 Å². The molecule has 2 rings (SSSR count). The lowest BCUT2D eigenvalue weighted by Gasteiger charge is -2.40. The molecule has 3 unspecified atom stereocenters. The summed E-state index contributed by atoms with van der Waals surface area (Å²) in [6.07, 6.45) is 5.89. The lowest BCUT2D eigenvalue weighted by Crippen LogP contribution is -2.60. The quantitative estimate of drug-likeness (QED) is 0.733. The van der Waals surface area contributed by atoms with Crippen molar-refractivity contribution in [2.45, 2.75) is 70.4 Å². The minimum atomic E-state index is -0.832. The Labute approximate surface area is 120 Å². The van der Waals surface area contributed by atoms with Crippen molar-refractivity contribution in [1.29, 1.82) is 0 Å². The fourth-order valence-corrected chi connectivity index (χ4v) is 3.58. The van der Waals surface area contributed by atoms with E-state index in [9.17, 15) is 14.7 Å². The third-order valence-corrected chi connectivity index (χ3v) is 5.28. The van der Waals surface area contributed by atoms with Crippen molar-refractivity contribution in [1.82, 2.24) is 10.6 Å². The smallest absolute Gasteiger partial charge is 0.311 e. The first-order valence-electron chi connectivity index (χ1n) is 7.74. The van der Waals surface area contributed by atoms with Crippen molar-refractivity contribution in [3.05, 3.63) is 0 Å². The van der Waals surface area contributed by atoms with Crippen LogP contribution in [0.2, 0.25) is 0 Å². The van der Waals surface area contributed by atoms with Gasteiger partial charge in [-0.1, -0.05) is 19.8 Å². The fourth-order valence-electron chi connectivity index (χ4n) is 3.58. The Kier molecular flexibility index (Phi) is 4.37. The minimum Gasteiger partial charge on any atom is -0.481 e. The van der Waals surface area contributed by atoms with Gasteiger partial charge in [0.2, 0.25) is 5.91 Å². The Morgan fingerprint density at radius 2 is 2.05 bits per heavy atom. The molecule has 1 aliphatic heterocycles. The van der Waals surface area contributed by atoms with Crippen LogP contribution in [0.5, 0.6) is 0 Å². The zero-order valence-corrected chi connectivity index (χ0v) is 12.5. The summed E-state index contributed by atoms with van der Waals surface area (Å²) >= 11 is 0. The van der Waals surface area contributed by atoms with Crippen molar-refractivity contribution in [2.24, 2.45) is 5.41 Å². The van der Waals surface area contributed by atoms with Crippen LogP contribution in [-0.4, -0.2) is 35.1 Å². The van der Waals surface area contributed by atoms with E-state index in [1.165, 1.54) is 0 Å². The first-order valence-corrected chi connectivity index (χ1v) is 7.74. The second-order valence-corrected chi connectivity index (χ2v) is 6.46. The molecular weight excluding hydrogens is 256 g/mol. The fraction of sp³-hybridized carbons (Fsp3) is 0.867. The molecule has 2 aliphatic rings. The van der Waals surface area contributed by atoms with Crippen molar-refractivity contribution >= 4 is 11.9 Å². The highest BCUT2D eigenvalue weighted by atomic mass is 16.4. The molecule has 1 saturated carbocycles. The molecule has 3 N–H and O–H groups in total. The Hall–Kier alpha value is -1.10. The van der Waals surface area contributed by atoms with E-state index in [0.29, 0.717) is 6.42 Å².